The predicted molar refractivity (Wildman–Crippen MR) is 96.7 cm³/mol. The molecule has 0 unspecified atom stereocenters. The molecule has 0 amide bonds. The third-order valence-electron chi connectivity index (χ3n) is 3.68. The number of pyridine rings is 1. The summed E-state index contributed by atoms with van der Waals surface area (Å²) in [5, 5.41) is 24.2. The molecule has 26 heavy (non-hydrogen) atoms. The van der Waals surface area contributed by atoms with E-state index in [2.05, 4.69) is 20.3 Å². The number of thioether (sulfide) groups is 1. The highest BCUT2D eigenvalue weighted by atomic mass is 32.2. The second kappa shape index (κ2) is 6.89. The number of non-ortho nitro benzene ring substituents is 1. The molecule has 0 radical (unpaired) electrons. The van der Waals surface area contributed by atoms with Crippen LogP contribution in [0.15, 0.2) is 66.0 Å². The van der Waals surface area contributed by atoms with E-state index in [1.807, 2.05) is 30.3 Å². The van der Waals surface area contributed by atoms with Gasteiger partial charge in [-0.2, -0.15) is 9.61 Å². The fourth-order valence-corrected chi connectivity index (χ4v) is 3.22. The van der Waals surface area contributed by atoms with Crippen molar-refractivity contribution in [2.24, 2.45) is 0 Å². The molecule has 3 aromatic heterocycles. The van der Waals surface area contributed by atoms with Crippen molar-refractivity contribution in [1.29, 1.82) is 0 Å². The minimum Gasteiger partial charge on any atom is -0.258 e. The fourth-order valence-electron chi connectivity index (χ4n) is 2.37. The molecular formula is C17H12N6O2S. The summed E-state index contributed by atoms with van der Waals surface area (Å²) in [4.78, 5) is 14.6. The van der Waals surface area contributed by atoms with E-state index in [9.17, 15) is 10.1 Å². The fraction of sp³-hybridized carbons (Fsp3) is 0.0588. The Labute approximate surface area is 152 Å². The van der Waals surface area contributed by atoms with Gasteiger partial charge in [0.2, 0.25) is 5.16 Å². The first-order chi connectivity index (χ1) is 12.7. The Morgan fingerprint density at radius 3 is 2.58 bits per heavy atom. The third-order valence-corrected chi connectivity index (χ3v) is 4.67. The van der Waals surface area contributed by atoms with Crippen LogP contribution in [0.4, 0.5) is 5.69 Å². The zero-order chi connectivity index (χ0) is 17.9. The second-order valence-corrected chi connectivity index (χ2v) is 6.34. The maximum atomic E-state index is 10.7. The van der Waals surface area contributed by atoms with Crippen LogP contribution in [0.25, 0.3) is 17.0 Å². The van der Waals surface area contributed by atoms with E-state index >= 15 is 0 Å². The molecular weight excluding hydrogens is 352 g/mol. The molecule has 4 aromatic rings. The van der Waals surface area contributed by atoms with Gasteiger partial charge in [0.25, 0.3) is 5.69 Å². The summed E-state index contributed by atoms with van der Waals surface area (Å²) in [5.74, 6) is 0.605. The number of hydrogen-bond acceptors (Lipinski definition) is 7. The summed E-state index contributed by atoms with van der Waals surface area (Å²) in [6, 6.07) is 15.8. The van der Waals surface area contributed by atoms with Gasteiger partial charge < -0.3 is 0 Å². The maximum absolute atomic E-state index is 10.7. The highest BCUT2D eigenvalue weighted by Crippen LogP contribution is 2.23. The Hall–Kier alpha value is -3.33. The van der Waals surface area contributed by atoms with Crippen LogP contribution in [0.5, 0.6) is 0 Å². The van der Waals surface area contributed by atoms with Crippen LogP contribution >= 0.6 is 11.8 Å². The minimum atomic E-state index is -0.411. The molecule has 128 valence electrons. The van der Waals surface area contributed by atoms with E-state index in [0.717, 1.165) is 17.0 Å². The smallest absolute Gasteiger partial charge is 0.258 e. The number of hydrogen-bond donors (Lipinski definition) is 0. The number of nitrogens with zero attached hydrogens (tertiary/aromatic N) is 6. The van der Waals surface area contributed by atoms with Crippen molar-refractivity contribution in [1.82, 2.24) is 24.8 Å². The molecule has 0 bridgehead atoms. The quantitative estimate of drug-likeness (QED) is 0.304. The number of benzene rings is 1. The molecule has 0 spiro atoms. The molecule has 0 atom stereocenters. The highest BCUT2D eigenvalue weighted by Gasteiger charge is 2.11. The van der Waals surface area contributed by atoms with E-state index < -0.39 is 4.92 Å². The maximum Gasteiger partial charge on any atom is 0.269 e. The van der Waals surface area contributed by atoms with Gasteiger partial charge in [-0.05, 0) is 29.8 Å². The lowest BCUT2D eigenvalue weighted by molar-refractivity contribution is -0.384. The molecule has 4 rings (SSSR count). The van der Waals surface area contributed by atoms with Crippen molar-refractivity contribution < 1.29 is 4.92 Å². The molecule has 8 nitrogen and oxygen atoms in total. The van der Waals surface area contributed by atoms with Crippen molar-refractivity contribution in [2.75, 3.05) is 0 Å². The van der Waals surface area contributed by atoms with Crippen LogP contribution in [0.2, 0.25) is 0 Å². The zero-order valence-corrected chi connectivity index (χ0v) is 14.2. The zero-order valence-electron chi connectivity index (χ0n) is 13.4. The minimum absolute atomic E-state index is 0.0772. The van der Waals surface area contributed by atoms with Gasteiger partial charge in [-0.15, -0.1) is 10.2 Å². The standard InChI is InChI=1S/C17H12N6O2S/c24-23(25)13-6-4-12(5-7-13)11-26-17-20-19-16-9-8-15(21-22(16)17)14-3-1-2-10-18-14/h1-10H,11H2. The van der Waals surface area contributed by atoms with Gasteiger partial charge in [0, 0.05) is 24.1 Å². The van der Waals surface area contributed by atoms with E-state index in [-0.39, 0.29) is 5.69 Å². The van der Waals surface area contributed by atoms with Gasteiger partial charge in [0.15, 0.2) is 5.65 Å². The molecule has 0 saturated heterocycles. The van der Waals surface area contributed by atoms with Gasteiger partial charge in [-0.3, -0.25) is 15.1 Å². The van der Waals surface area contributed by atoms with E-state index in [0.29, 0.717) is 16.6 Å². The molecule has 1 aromatic carbocycles. The van der Waals surface area contributed by atoms with Crippen LogP contribution in [-0.2, 0) is 5.75 Å². The summed E-state index contributed by atoms with van der Waals surface area (Å²) in [6.45, 7) is 0. The molecule has 3 heterocycles. The van der Waals surface area contributed by atoms with Crippen LogP contribution in [0.3, 0.4) is 0 Å². The van der Waals surface area contributed by atoms with Crippen molar-refractivity contribution in [3.05, 3.63) is 76.5 Å². The number of rotatable bonds is 5. The normalized spacial score (nSPS) is 10.9. The first-order valence-corrected chi connectivity index (χ1v) is 8.69. The lowest BCUT2D eigenvalue weighted by Crippen LogP contribution is -1.97. The number of nitro groups is 1. The Bertz CT molecular complexity index is 1070. The Balaban J connectivity index is 1.57. The molecule has 9 heteroatoms. The Morgan fingerprint density at radius 2 is 1.85 bits per heavy atom. The van der Waals surface area contributed by atoms with E-state index in [4.69, 9.17) is 0 Å². The van der Waals surface area contributed by atoms with Crippen molar-refractivity contribution >= 4 is 23.1 Å². The lowest BCUT2D eigenvalue weighted by Gasteiger charge is -2.03. The molecule has 0 aliphatic heterocycles. The van der Waals surface area contributed by atoms with E-state index in [1.54, 1.807) is 22.8 Å². The van der Waals surface area contributed by atoms with Crippen LogP contribution in [0.1, 0.15) is 5.56 Å². The number of fused-ring (bicyclic) bond motifs is 1. The van der Waals surface area contributed by atoms with Crippen molar-refractivity contribution in [2.45, 2.75) is 10.9 Å². The first kappa shape index (κ1) is 16.2. The topological polar surface area (TPSA) is 99.1 Å². The average molecular weight is 364 g/mol. The predicted octanol–water partition coefficient (Wildman–Crippen LogP) is 3.39. The molecule has 0 N–H and O–H groups in total. The third kappa shape index (κ3) is 3.24. The van der Waals surface area contributed by atoms with Gasteiger partial charge in [0.05, 0.1) is 10.6 Å². The van der Waals surface area contributed by atoms with Crippen LogP contribution in [-0.4, -0.2) is 29.7 Å². The summed E-state index contributed by atoms with van der Waals surface area (Å²) >= 11 is 1.46. The number of aromatic nitrogens is 5. The summed E-state index contributed by atoms with van der Waals surface area (Å²) in [6.07, 6.45) is 1.72. The lowest BCUT2D eigenvalue weighted by atomic mass is 10.2. The van der Waals surface area contributed by atoms with E-state index in [1.165, 1.54) is 23.9 Å². The average Bonchev–Trinajstić information content (AvgIpc) is 3.09. The second-order valence-electron chi connectivity index (χ2n) is 5.40. The monoisotopic (exact) mass is 364 g/mol. The highest BCUT2D eigenvalue weighted by molar-refractivity contribution is 7.98. The molecule has 0 aliphatic rings. The molecule has 0 aliphatic carbocycles. The summed E-state index contributed by atoms with van der Waals surface area (Å²) < 4.78 is 1.68. The molecule has 0 fully saturated rings. The summed E-state index contributed by atoms with van der Waals surface area (Å²) in [7, 11) is 0. The first-order valence-electron chi connectivity index (χ1n) is 7.71. The summed E-state index contributed by atoms with van der Waals surface area (Å²) in [5.41, 5.74) is 3.19. The van der Waals surface area contributed by atoms with Gasteiger partial charge in [-0.1, -0.05) is 30.0 Å². The Morgan fingerprint density at radius 1 is 1.00 bits per heavy atom. The van der Waals surface area contributed by atoms with Crippen molar-refractivity contribution in [3.8, 4) is 11.4 Å². The van der Waals surface area contributed by atoms with Gasteiger partial charge in [-0.25, -0.2) is 0 Å². The molecule has 0 saturated carbocycles. The van der Waals surface area contributed by atoms with Crippen LogP contribution in [0, 0.1) is 10.1 Å². The largest absolute Gasteiger partial charge is 0.269 e. The van der Waals surface area contributed by atoms with Gasteiger partial charge in [0.1, 0.15) is 5.69 Å². The van der Waals surface area contributed by atoms with Gasteiger partial charge >= 0.3 is 0 Å². The van der Waals surface area contributed by atoms with Crippen molar-refractivity contribution in [3.63, 3.8) is 0 Å². The Kier molecular flexibility index (Phi) is 4.28. The number of nitro benzene ring substituents is 1. The SMILES string of the molecule is O=[N+]([O-])c1ccc(CSc2nnc3ccc(-c4ccccn4)nn23)cc1. The van der Waals surface area contributed by atoms with Crippen LogP contribution < -0.4 is 0 Å².